The van der Waals surface area contributed by atoms with Crippen molar-refractivity contribution in [2.24, 2.45) is 0 Å². The topological polar surface area (TPSA) is 0 Å². The van der Waals surface area contributed by atoms with Gasteiger partial charge in [-0.2, -0.15) is 0 Å². The molecule has 0 amide bonds. The van der Waals surface area contributed by atoms with Crippen LogP contribution in [0.5, 0.6) is 0 Å². The van der Waals surface area contributed by atoms with Gasteiger partial charge in [-0.25, -0.2) is 0 Å². The summed E-state index contributed by atoms with van der Waals surface area (Å²) in [6.45, 7) is 0. The molecule has 0 saturated carbocycles. The first kappa shape index (κ1) is 14.7. The van der Waals surface area contributed by atoms with Crippen LogP contribution < -0.4 is 15.6 Å². The zero-order valence-electron chi connectivity index (χ0n) is 14.2. The van der Waals surface area contributed by atoms with E-state index in [0.29, 0.717) is 0 Å². The molecule has 0 radical (unpaired) electrons. The summed E-state index contributed by atoms with van der Waals surface area (Å²) in [4.78, 5) is 0. The fourth-order valence-corrected chi connectivity index (χ4v) is 10.2. The van der Waals surface area contributed by atoms with Gasteiger partial charge in [0.05, 0.1) is 0 Å². The Kier molecular flexibility index (Phi) is 3.35. The van der Waals surface area contributed by atoms with Crippen molar-refractivity contribution in [1.82, 2.24) is 0 Å². The molecule has 0 unspecified atom stereocenters. The first-order valence-corrected chi connectivity index (χ1v) is 11.0. The molecule has 3 aromatic rings. The monoisotopic (exact) mass is 336 g/mol. The summed E-state index contributed by atoms with van der Waals surface area (Å²) in [6, 6.07) is 31.6. The van der Waals surface area contributed by atoms with Gasteiger partial charge in [0.1, 0.15) is 0 Å². The predicted octanol–water partition coefficient (Wildman–Crippen LogP) is 3.81. The molecular formula is C24H20Si. The molecule has 0 atom stereocenters. The lowest BCUT2D eigenvalue weighted by Gasteiger charge is -2.33. The summed E-state index contributed by atoms with van der Waals surface area (Å²) < 4.78 is 0. The Labute approximate surface area is 150 Å². The van der Waals surface area contributed by atoms with Crippen LogP contribution in [0, 0.1) is 0 Å². The summed E-state index contributed by atoms with van der Waals surface area (Å²) in [5.41, 5.74) is 2.94. The average molecular weight is 337 g/mol. The van der Waals surface area contributed by atoms with Crippen LogP contribution in [0.15, 0.2) is 102 Å². The molecule has 0 fully saturated rings. The molecule has 0 nitrogen and oxygen atoms in total. The van der Waals surface area contributed by atoms with Gasteiger partial charge in [-0.05, 0) is 39.5 Å². The van der Waals surface area contributed by atoms with Crippen LogP contribution >= 0.6 is 0 Å². The maximum absolute atomic E-state index is 2.38. The van der Waals surface area contributed by atoms with Crippen LogP contribution in [0.4, 0.5) is 0 Å². The maximum Gasteiger partial charge on any atom is 0.176 e. The van der Waals surface area contributed by atoms with Crippen molar-refractivity contribution >= 4 is 29.2 Å². The molecule has 2 aliphatic rings. The molecular weight excluding hydrogens is 316 g/mol. The molecule has 1 heteroatoms. The van der Waals surface area contributed by atoms with Gasteiger partial charge in [0.15, 0.2) is 8.07 Å². The molecule has 0 N–H and O–H groups in total. The Bertz CT molecular complexity index is 941. The van der Waals surface area contributed by atoms with Gasteiger partial charge in [0, 0.05) is 0 Å². The van der Waals surface area contributed by atoms with Crippen molar-refractivity contribution in [1.29, 1.82) is 0 Å². The fraction of sp³-hybridized carbons (Fsp3) is 0.0833. The van der Waals surface area contributed by atoms with Gasteiger partial charge in [0.2, 0.25) is 0 Å². The van der Waals surface area contributed by atoms with Crippen molar-refractivity contribution in [2.75, 3.05) is 0 Å². The maximum atomic E-state index is 2.38. The first-order valence-electron chi connectivity index (χ1n) is 9.03. The highest BCUT2D eigenvalue weighted by molar-refractivity contribution is 7.18. The number of hydrogen-bond acceptors (Lipinski definition) is 0. The predicted molar refractivity (Wildman–Crippen MR) is 109 cm³/mol. The highest BCUT2D eigenvalue weighted by atomic mass is 28.3. The minimum Gasteiger partial charge on any atom is -0.0836 e. The van der Waals surface area contributed by atoms with E-state index in [0.717, 1.165) is 6.42 Å². The number of fused-ring (bicyclic) bond motifs is 2. The van der Waals surface area contributed by atoms with E-state index in [-0.39, 0.29) is 0 Å². The standard InChI is InChI=1S/C24H20Si/c1-3-11-19(12-4-1)25(20-13-5-2-6-14-20)23-17-9-7-15-21(23)22-16-8-10-18-24(22)25/h1-9,11-17H,10,18H2. The van der Waals surface area contributed by atoms with Gasteiger partial charge in [-0.3, -0.25) is 0 Å². The Hall–Kier alpha value is -2.64. The highest BCUT2D eigenvalue weighted by Gasteiger charge is 2.49. The van der Waals surface area contributed by atoms with Crippen LogP contribution in [0.25, 0.3) is 5.57 Å². The molecule has 3 aromatic carbocycles. The minimum atomic E-state index is -2.14. The Balaban J connectivity index is 1.94. The third kappa shape index (κ3) is 1.99. The summed E-state index contributed by atoms with van der Waals surface area (Å²) in [5, 5.41) is 6.26. The number of allylic oxidation sites excluding steroid dienone is 4. The molecule has 0 aromatic heterocycles. The van der Waals surface area contributed by atoms with Crippen molar-refractivity contribution in [3.8, 4) is 0 Å². The second-order valence-electron chi connectivity index (χ2n) is 6.86. The third-order valence-electron chi connectivity index (χ3n) is 5.66. The van der Waals surface area contributed by atoms with Crippen molar-refractivity contribution in [3.63, 3.8) is 0 Å². The summed E-state index contributed by atoms with van der Waals surface area (Å²) in [5.74, 6) is 0. The molecule has 1 aliphatic heterocycles. The zero-order valence-corrected chi connectivity index (χ0v) is 15.2. The molecule has 0 saturated heterocycles. The molecule has 25 heavy (non-hydrogen) atoms. The minimum absolute atomic E-state index is 1.15. The van der Waals surface area contributed by atoms with E-state index in [1.54, 1.807) is 10.4 Å². The number of rotatable bonds is 2. The van der Waals surface area contributed by atoms with E-state index < -0.39 is 8.07 Å². The van der Waals surface area contributed by atoms with E-state index in [1.165, 1.54) is 27.9 Å². The van der Waals surface area contributed by atoms with Crippen LogP contribution in [0.1, 0.15) is 18.4 Å². The number of hydrogen-bond donors (Lipinski definition) is 0. The van der Waals surface area contributed by atoms with E-state index in [1.807, 2.05) is 0 Å². The summed E-state index contributed by atoms with van der Waals surface area (Å²) in [7, 11) is -2.14. The molecule has 1 heterocycles. The molecule has 0 spiro atoms. The highest BCUT2D eigenvalue weighted by Crippen LogP contribution is 2.39. The van der Waals surface area contributed by atoms with Crippen molar-refractivity contribution < 1.29 is 0 Å². The molecule has 0 bridgehead atoms. The van der Waals surface area contributed by atoms with Crippen LogP contribution in [0.2, 0.25) is 0 Å². The van der Waals surface area contributed by atoms with Crippen LogP contribution in [-0.2, 0) is 0 Å². The summed E-state index contributed by atoms with van der Waals surface area (Å²) >= 11 is 0. The Morgan fingerprint density at radius 2 is 1.24 bits per heavy atom. The fourth-order valence-electron chi connectivity index (χ4n) is 4.72. The number of benzene rings is 3. The first-order chi connectivity index (χ1) is 12.4. The van der Waals surface area contributed by atoms with Crippen LogP contribution in [-0.4, -0.2) is 8.07 Å². The summed E-state index contributed by atoms with van der Waals surface area (Å²) in [6.07, 6.45) is 7.05. The average Bonchev–Trinajstić information content (AvgIpc) is 3.01. The molecule has 120 valence electrons. The Morgan fingerprint density at radius 3 is 1.92 bits per heavy atom. The SMILES string of the molecule is C1=CC2=C(CC1)[Si](c1ccccc1)(c1ccccc1)c1ccccc12. The smallest absolute Gasteiger partial charge is 0.0836 e. The van der Waals surface area contributed by atoms with Gasteiger partial charge in [0.25, 0.3) is 0 Å². The molecule has 1 aliphatic carbocycles. The zero-order chi connectivity index (χ0) is 16.7. The lowest BCUT2D eigenvalue weighted by Crippen LogP contribution is -2.67. The van der Waals surface area contributed by atoms with E-state index in [2.05, 4.69) is 97.1 Å². The van der Waals surface area contributed by atoms with Gasteiger partial charge in [-0.1, -0.05) is 102 Å². The van der Waals surface area contributed by atoms with Gasteiger partial charge >= 0.3 is 0 Å². The normalized spacial score (nSPS) is 17.3. The van der Waals surface area contributed by atoms with Crippen LogP contribution in [0.3, 0.4) is 0 Å². The Morgan fingerprint density at radius 1 is 0.640 bits per heavy atom. The van der Waals surface area contributed by atoms with E-state index >= 15 is 0 Å². The third-order valence-corrected chi connectivity index (χ3v) is 10.7. The van der Waals surface area contributed by atoms with Gasteiger partial charge < -0.3 is 0 Å². The van der Waals surface area contributed by atoms with E-state index in [9.17, 15) is 0 Å². The second-order valence-corrected chi connectivity index (χ2v) is 10.7. The van der Waals surface area contributed by atoms with Crippen molar-refractivity contribution in [2.45, 2.75) is 12.8 Å². The lowest BCUT2D eigenvalue weighted by molar-refractivity contribution is 1.02. The van der Waals surface area contributed by atoms with Crippen molar-refractivity contribution in [3.05, 3.63) is 108 Å². The quantitative estimate of drug-likeness (QED) is 0.624. The molecule has 5 rings (SSSR count). The second kappa shape index (κ2) is 5.71. The van der Waals surface area contributed by atoms with E-state index in [4.69, 9.17) is 0 Å². The van der Waals surface area contributed by atoms with Gasteiger partial charge in [-0.15, -0.1) is 0 Å². The lowest BCUT2D eigenvalue weighted by atomic mass is 10.00. The largest absolute Gasteiger partial charge is 0.176 e.